The number of rotatable bonds is 3. The molecule has 1 saturated heterocycles. The second-order valence-electron chi connectivity index (χ2n) is 5.97. The van der Waals surface area contributed by atoms with E-state index in [0.717, 1.165) is 51.6 Å². The van der Waals surface area contributed by atoms with Gasteiger partial charge < -0.3 is 16.0 Å². The van der Waals surface area contributed by atoms with Crippen LogP contribution in [0.15, 0.2) is 0 Å². The van der Waals surface area contributed by atoms with Gasteiger partial charge in [0.25, 0.3) is 0 Å². The molecule has 0 aromatic carbocycles. The number of nitrogens with two attached hydrogens (primary N) is 1. The van der Waals surface area contributed by atoms with E-state index < -0.39 is 5.54 Å². The summed E-state index contributed by atoms with van der Waals surface area (Å²) >= 11 is 0. The van der Waals surface area contributed by atoms with Crippen molar-refractivity contribution in [2.75, 3.05) is 19.6 Å². The van der Waals surface area contributed by atoms with Gasteiger partial charge in [0, 0.05) is 20.0 Å². The maximum absolute atomic E-state index is 12.8. The molecule has 108 valence electrons. The van der Waals surface area contributed by atoms with Gasteiger partial charge >= 0.3 is 0 Å². The molecule has 5 nitrogen and oxygen atoms in total. The molecule has 2 fully saturated rings. The van der Waals surface area contributed by atoms with Crippen LogP contribution in [-0.2, 0) is 9.59 Å². The standard InChI is InChI=1S/C14H25N3O2/c1-11(18)16-14(6-3-2-4-7-14)13(19)17-8-5-12(9-15)10-17/h12H,2-10,15H2,1H3,(H,16,18). The van der Waals surface area contributed by atoms with E-state index in [1.54, 1.807) is 0 Å². The van der Waals surface area contributed by atoms with Crippen molar-refractivity contribution in [3.8, 4) is 0 Å². The lowest BCUT2D eigenvalue weighted by Crippen LogP contribution is -2.59. The van der Waals surface area contributed by atoms with E-state index in [0.29, 0.717) is 12.5 Å². The summed E-state index contributed by atoms with van der Waals surface area (Å²) in [5.41, 5.74) is 5.04. The predicted molar refractivity (Wildman–Crippen MR) is 73.4 cm³/mol. The van der Waals surface area contributed by atoms with Crippen LogP contribution in [0.4, 0.5) is 0 Å². The van der Waals surface area contributed by atoms with Gasteiger partial charge in [-0.25, -0.2) is 0 Å². The number of likely N-dealkylation sites (tertiary alicyclic amines) is 1. The first kappa shape index (κ1) is 14.3. The Balaban J connectivity index is 2.09. The molecule has 1 aliphatic heterocycles. The quantitative estimate of drug-likeness (QED) is 0.787. The van der Waals surface area contributed by atoms with Crippen molar-refractivity contribution in [3.05, 3.63) is 0 Å². The fraction of sp³-hybridized carbons (Fsp3) is 0.857. The number of carbonyl (C=O) groups is 2. The molecule has 1 heterocycles. The number of nitrogens with one attached hydrogen (secondary N) is 1. The zero-order valence-corrected chi connectivity index (χ0v) is 11.8. The van der Waals surface area contributed by atoms with Gasteiger partial charge in [-0.3, -0.25) is 9.59 Å². The Kier molecular flexibility index (Phi) is 4.45. The van der Waals surface area contributed by atoms with Crippen LogP contribution in [0.3, 0.4) is 0 Å². The molecule has 0 aromatic rings. The van der Waals surface area contributed by atoms with Crippen molar-refractivity contribution in [1.82, 2.24) is 10.2 Å². The molecule has 1 unspecified atom stereocenters. The van der Waals surface area contributed by atoms with Gasteiger partial charge in [0.05, 0.1) is 0 Å². The van der Waals surface area contributed by atoms with Crippen molar-refractivity contribution >= 4 is 11.8 Å². The first-order valence-corrected chi connectivity index (χ1v) is 7.35. The van der Waals surface area contributed by atoms with Crippen molar-refractivity contribution < 1.29 is 9.59 Å². The Hall–Kier alpha value is -1.10. The van der Waals surface area contributed by atoms with Gasteiger partial charge in [0.1, 0.15) is 5.54 Å². The van der Waals surface area contributed by atoms with Gasteiger partial charge in [0.2, 0.25) is 11.8 Å². The summed E-state index contributed by atoms with van der Waals surface area (Å²) in [7, 11) is 0. The Bertz CT molecular complexity index is 351. The van der Waals surface area contributed by atoms with Crippen LogP contribution in [-0.4, -0.2) is 41.9 Å². The van der Waals surface area contributed by atoms with E-state index in [1.807, 2.05) is 4.90 Å². The molecule has 2 amide bonds. The second kappa shape index (κ2) is 5.90. The third-order valence-corrected chi connectivity index (χ3v) is 4.44. The van der Waals surface area contributed by atoms with E-state index in [9.17, 15) is 9.59 Å². The minimum atomic E-state index is -0.645. The SMILES string of the molecule is CC(=O)NC1(C(=O)N2CCC(CN)C2)CCCCC1. The van der Waals surface area contributed by atoms with Crippen LogP contribution < -0.4 is 11.1 Å². The molecule has 0 radical (unpaired) electrons. The summed E-state index contributed by atoms with van der Waals surface area (Å²) in [4.78, 5) is 26.1. The topological polar surface area (TPSA) is 75.4 Å². The molecular formula is C14H25N3O2. The third-order valence-electron chi connectivity index (χ3n) is 4.44. The van der Waals surface area contributed by atoms with E-state index in [4.69, 9.17) is 5.73 Å². The summed E-state index contributed by atoms with van der Waals surface area (Å²) < 4.78 is 0. The molecule has 1 saturated carbocycles. The van der Waals surface area contributed by atoms with Gasteiger partial charge in [-0.2, -0.15) is 0 Å². The molecule has 0 aromatic heterocycles. The summed E-state index contributed by atoms with van der Waals surface area (Å²) in [5, 5.41) is 2.94. The molecule has 2 rings (SSSR count). The van der Waals surface area contributed by atoms with Crippen molar-refractivity contribution in [2.24, 2.45) is 11.7 Å². The molecular weight excluding hydrogens is 242 g/mol. The molecule has 5 heteroatoms. The zero-order valence-electron chi connectivity index (χ0n) is 11.8. The highest BCUT2D eigenvalue weighted by Gasteiger charge is 2.44. The molecule has 0 bridgehead atoms. The van der Waals surface area contributed by atoms with Crippen LogP contribution in [0.2, 0.25) is 0 Å². The van der Waals surface area contributed by atoms with E-state index >= 15 is 0 Å². The summed E-state index contributed by atoms with van der Waals surface area (Å²) in [6.07, 6.45) is 5.71. The average Bonchev–Trinajstić information content (AvgIpc) is 2.86. The molecule has 3 N–H and O–H groups in total. The van der Waals surface area contributed by atoms with Gasteiger partial charge in [-0.1, -0.05) is 19.3 Å². The maximum Gasteiger partial charge on any atom is 0.248 e. The second-order valence-corrected chi connectivity index (χ2v) is 5.97. The Morgan fingerprint density at radius 2 is 2.00 bits per heavy atom. The van der Waals surface area contributed by atoms with E-state index in [1.165, 1.54) is 6.92 Å². The number of nitrogens with zero attached hydrogens (tertiary/aromatic N) is 1. The lowest BCUT2D eigenvalue weighted by molar-refractivity contribution is -0.142. The molecule has 0 spiro atoms. The molecule has 2 aliphatic rings. The zero-order chi connectivity index (χ0) is 13.9. The lowest BCUT2D eigenvalue weighted by atomic mass is 9.80. The number of hydrogen-bond donors (Lipinski definition) is 2. The highest BCUT2D eigenvalue weighted by atomic mass is 16.2. The Morgan fingerprint density at radius 1 is 1.32 bits per heavy atom. The predicted octanol–water partition coefficient (Wildman–Crippen LogP) is 0.633. The first-order valence-electron chi connectivity index (χ1n) is 7.35. The number of carbonyl (C=O) groups excluding carboxylic acids is 2. The Labute approximate surface area is 114 Å². The van der Waals surface area contributed by atoms with Crippen LogP contribution >= 0.6 is 0 Å². The van der Waals surface area contributed by atoms with Crippen LogP contribution in [0.1, 0.15) is 45.4 Å². The fourth-order valence-corrected chi connectivity index (χ4v) is 3.40. The third kappa shape index (κ3) is 3.08. The number of hydrogen-bond acceptors (Lipinski definition) is 3. The lowest BCUT2D eigenvalue weighted by Gasteiger charge is -2.39. The molecule has 19 heavy (non-hydrogen) atoms. The molecule has 1 aliphatic carbocycles. The van der Waals surface area contributed by atoms with Gasteiger partial charge in [-0.05, 0) is 31.7 Å². The first-order chi connectivity index (χ1) is 9.07. The van der Waals surface area contributed by atoms with Crippen LogP contribution in [0, 0.1) is 5.92 Å². The highest BCUT2D eigenvalue weighted by molar-refractivity contribution is 5.91. The van der Waals surface area contributed by atoms with Gasteiger partial charge in [0.15, 0.2) is 0 Å². The summed E-state index contributed by atoms with van der Waals surface area (Å²) in [5.74, 6) is 0.421. The van der Waals surface area contributed by atoms with E-state index in [-0.39, 0.29) is 11.8 Å². The Morgan fingerprint density at radius 3 is 2.53 bits per heavy atom. The fourth-order valence-electron chi connectivity index (χ4n) is 3.40. The smallest absolute Gasteiger partial charge is 0.248 e. The van der Waals surface area contributed by atoms with E-state index in [2.05, 4.69) is 5.32 Å². The van der Waals surface area contributed by atoms with Crippen molar-refractivity contribution in [2.45, 2.75) is 51.0 Å². The summed E-state index contributed by atoms with van der Waals surface area (Å²) in [6.45, 7) is 3.66. The van der Waals surface area contributed by atoms with Crippen LogP contribution in [0.5, 0.6) is 0 Å². The number of amides is 2. The minimum Gasteiger partial charge on any atom is -0.342 e. The van der Waals surface area contributed by atoms with Gasteiger partial charge in [-0.15, -0.1) is 0 Å². The van der Waals surface area contributed by atoms with Crippen LogP contribution in [0.25, 0.3) is 0 Å². The largest absolute Gasteiger partial charge is 0.342 e. The molecule has 1 atom stereocenters. The average molecular weight is 267 g/mol. The van der Waals surface area contributed by atoms with Crippen molar-refractivity contribution in [3.63, 3.8) is 0 Å². The monoisotopic (exact) mass is 267 g/mol. The summed E-state index contributed by atoms with van der Waals surface area (Å²) in [6, 6.07) is 0. The van der Waals surface area contributed by atoms with Crippen molar-refractivity contribution in [1.29, 1.82) is 0 Å². The minimum absolute atomic E-state index is 0.107. The maximum atomic E-state index is 12.8. The normalized spacial score (nSPS) is 26.2. The highest BCUT2D eigenvalue weighted by Crippen LogP contribution is 2.31.